The van der Waals surface area contributed by atoms with Gasteiger partial charge in [-0.2, -0.15) is 4.72 Å². The van der Waals surface area contributed by atoms with Crippen LogP contribution in [-0.2, 0) is 15.6 Å². The molecule has 1 aromatic carbocycles. The number of rotatable bonds is 5. The van der Waals surface area contributed by atoms with E-state index in [1.165, 1.54) is 18.5 Å². The molecule has 2 rings (SSSR count). The van der Waals surface area contributed by atoms with Gasteiger partial charge in [0.05, 0.1) is 12.1 Å². The first-order chi connectivity index (χ1) is 9.48. The molecule has 0 radical (unpaired) electrons. The minimum Gasteiger partial charge on any atom is -0.394 e. The van der Waals surface area contributed by atoms with Gasteiger partial charge in [0, 0.05) is 12.4 Å². The highest BCUT2D eigenvalue weighted by Gasteiger charge is 2.31. The monoisotopic (exact) mass is 292 g/mol. The van der Waals surface area contributed by atoms with Crippen LogP contribution in [0.1, 0.15) is 12.5 Å². The molecule has 0 saturated carbocycles. The van der Waals surface area contributed by atoms with Crippen LogP contribution >= 0.6 is 0 Å². The third kappa shape index (κ3) is 3.04. The van der Waals surface area contributed by atoms with Gasteiger partial charge < -0.3 is 5.11 Å². The molecule has 0 aliphatic carbocycles. The lowest BCUT2D eigenvalue weighted by Crippen LogP contribution is -2.46. The molecule has 0 fully saturated rings. The molecule has 0 saturated heterocycles. The maximum absolute atomic E-state index is 12.3. The van der Waals surface area contributed by atoms with Gasteiger partial charge in [-0.25, -0.2) is 8.42 Å². The van der Waals surface area contributed by atoms with Crippen molar-refractivity contribution < 1.29 is 13.5 Å². The molecule has 1 atom stereocenters. The van der Waals surface area contributed by atoms with E-state index in [2.05, 4.69) is 9.71 Å². The van der Waals surface area contributed by atoms with Crippen molar-refractivity contribution in [2.75, 3.05) is 6.61 Å². The molecule has 0 bridgehead atoms. The van der Waals surface area contributed by atoms with Crippen LogP contribution in [-0.4, -0.2) is 25.1 Å². The number of aliphatic hydroxyl groups excluding tert-OH is 1. The number of aliphatic hydroxyl groups is 1. The van der Waals surface area contributed by atoms with Gasteiger partial charge in [0.15, 0.2) is 0 Å². The van der Waals surface area contributed by atoms with Crippen LogP contribution in [0, 0.1) is 0 Å². The van der Waals surface area contributed by atoms with Gasteiger partial charge in [0.25, 0.3) is 0 Å². The Morgan fingerprint density at radius 2 is 1.90 bits per heavy atom. The number of hydrogen-bond donors (Lipinski definition) is 2. The van der Waals surface area contributed by atoms with Crippen molar-refractivity contribution in [3.05, 3.63) is 60.4 Å². The van der Waals surface area contributed by atoms with Crippen molar-refractivity contribution in [2.45, 2.75) is 17.4 Å². The van der Waals surface area contributed by atoms with Crippen molar-refractivity contribution in [3.63, 3.8) is 0 Å². The van der Waals surface area contributed by atoms with Crippen molar-refractivity contribution >= 4 is 10.0 Å². The summed E-state index contributed by atoms with van der Waals surface area (Å²) in [5.74, 6) is 0. The van der Waals surface area contributed by atoms with E-state index in [1.54, 1.807) is 37.3 Å². The molecule has 5 nitrogen and oxygen atoms in total. The average molecular weight is 292 g/mol. The first-order valence-corrected chi connectivity index (χ1v) is 7.57. The lowest BCUT2D eigenvalue weighted by molar-refractivity contribution is 0.196. The number of nitrogens with zero attached hydrogens (tertiary/aromatic N) is 1. The Hall–Kier alpha value is -1.76. The summed E-state index contributed by atoms with van der Waals surface area (Å²) in [7, 11) is -3.75. The molecule has 1 heterocycles. The van der Waals surface area contributed by atoms with Crippen molar-refractivity contribution in [3.8, 4) is 0 Å². The lowest BCUT2D eigenvalue weighted by atomic mass is 9.94. The van der Waals surface area contributed by atoms with Crippen LogP contribution in [0.2, 0.25) is 0 Å². The first-order valence-electron chi connectivity index (χ1n) is 6.08. The second kappa shape index (κ2) is 5.70. The molecule has 2 N–H and O–H groups in total. The summed E-state index contributed by atoms with van der Waals surface area (Å²) in [6.45, 7) is 1.28. The largest absolute Gasteiger partial charge is 0.394 e. The second-order valence-corrected chi connectivity index (χ2v) is 6.33. The Morgan fingerprint density at radius 1 is 1.20 bits per heavy atom. The quantitative estimate of drug-likeness (QED) is 0.869. The Bertz CT molecular complexity index is 659. The normalized spacial score (nSPS) is 14.7. The second-order valence-electron chi connectivity index (χ2n) is 4.65. The first kappa shape index (κ1) is 14.6. The van der Waals surface area contributed by atoms with Gasteiger partial charge in [-0.15, -0.1) is 0 Å². The van der Waals surface area contributed by atoms with Gasteiger partial charge in [-0.3, -0.25) is 4.98 Å². The SMILES string of the molecule is CC(CO)(NS(=O)(=O)c1cccnc1)c1ccccc1. The summed E-state index contributed by atoms with van der Waals surface area (Å²) in [6, 6.07) is 12.0. The summed E-state index contributed by atoms with van der Waals surface area (Å²) in [4.78, 5) is 3.86. The highest BCUT2D eigenvalue weighted by molar-refractivity contribution is 7.89. The van der Waals surface area contributed by atoms with E-state index in [9.17, 15) is 13.5 Å². The van der Waals surface area contributed by atoms with Crippen LogP contribution in [0.3, 0.4) is 0 Å². The van der Waals surface area contributed by atoms with Crippen LogP contribution in [0.5, 0.6) is 0 Å². The molecule has 106 valence electrons. The molecular formula is C14H16N2O3S. The van der Waals surface area contributed by atoms with Crippen molar-refractivity contribution in [1.82, 2.24) is 9.71 Å². The summed E-state index contributed by atoms with van der Waals surface area (Å²) in [6.07, 6.45) is 2.77. The Labute approximate surface area is 118 Å². The number of pyridine rings is 1. The topological polar surface area (TPSA) is 79.3 Å². The molecule has 0 amide bonds. The third-order valence-electron chi connectivity index (χ3n) is 3.03. The van der Waals surface area contributed by atoms with E-state index in [0.29, 0.717) is 5.56 Å². The smallest absolute Gasteiger partial charge is 0.242 e. The Kier molecular flexibility index (Phi) is 4.17. The van der Waals surface area contributed by atoms with E-state index >= 15 is 0 Å². The molecular weight excluding hydrogens is 276 g/mol. The zero-order valence-corrected chi connectivity index (χ0v) is 11.8. The zero-order valence-electron chi connectivity index (χ0n) is 11.0. The van der Waals surface area contributed by atoms with Crippen molar-refractivity contribution in [1.29, 1.82) is 0 Å². The van der Waals surface area contributed by atoms with E-state index in [-0.39, 0.29) is 11.5 Å². The molecule has 0 aliphatic heterocycles. The van der Waals surface area contributed by atoms with Gasteiger partial charge in [-0.1, -0.05) is 30.3 Å². The average Bonchev–Trinajstić information content (AvgIpc) is 2.48. The fourth-order valence-electron chi connectivity index (χ4n) is 1.85. The number of benzene rings is 1. The zero-order chi connectivity index (χ0) is 14.6. The van der Waals surface area contributed by atoms with Crippen LogP contribution in [0.25, 0.3) is 0 Å². The fraction of sp³-hybridized carbons (Fsp3) is 0.214. The highest BCUT2D eigenvalue weighted by atomic mass is 32.2. The molecule has 20 heavy (non-hydrogen) atoms. The maximum atomic E-state index is 12.3. The summed E-state index contributed by atoms with van der Waals surface area (Å²) < 4.78 is 27.2. The van der Waals surface area contributed by atoms with E-state index in [4.69, 9.17) is 0 Å². The molecule has 6 heteroatoms. The molecule has 1 unspecified atom stereocenters. The van der Waals surface area contributed by atoms with E-state index in [1.807, 2.05) is 6.07 Å². The third-order valence-corrected chi connectivity index (χ3v) is 4.61. The number of aromatic nitrogens is 1. The minimum atomic E-state index is -3.75. The number of sulfonamides is 1. The van der Waals surface area contributed by atoms with Gasteiger partial charge >= 0.3 is 0 Å². The predicted molar refractivity (Wildman–Crippen MR) is 75.4 cm³/mol. The summed E-state index contributed by atoms with van der Waals surface area (Å²) in [5.41, 5.74) is -0.398. The van der Waals surface area contributed by atoms with Crippen LogP contribution < -0.4 is 4.72 Å². The van der Waals surface area contributed by atoms with E-state index in [0.717, 1.165) is 0 Å². The summed E-state index contributed by atoms with van der Waals surface area (Å²) >= 11 is 0. The molecule has 0 spiro atoms. The van der Waals surface area contributed by atoms with E-state index < -0.39 is 15.6 Å². The molecule has 1 aromatic heterocycles. The lowest BCUT2D eigenvalue weighted by Gasteiger charge is -2.28. The van der Waals surface area contributed by atoms with Crippen molar-refractivity contribution in [2.24, 2.45) is 0 Å². The maximum Gasteiger partial charge on any atom is 0.242 e. The number of nitrogens with one attached hydrogen (secondary N) is 1. The minimum absolute atomic E-state index is 0.0654. The Morgan fingerprint density at radius 3 is 2.45 bits per heavy atom. The van der Waals surface area contributed by atoms with Gasteiger partial charge in [-0.05, 0) is 24.6 Å². The van der Waals surface area contributed by atoms with Crippen LogP contribution in [0.4, 0.5) is 0 Å². The van der Waals surface area contributed by atoms with Crippen LogP contribution in [0.15, 0.2) is 59.8 Å². The molecule has 2 aromatic rings. The fourth-order valence-corrected chi connectivity index (χ4v) is 3.20. The van der Waals surface area contributed by atoms with Gasteiger partial charge in [0.1, 0.15) is 4.90 Å². The Balaban J connectivity index is 2.36. The predicted octanol–water partition coefficient (Wildman–Crippen LogP) is 1.27. The summed E-state index contributed by atoms with van der Waals surface area (Å²) in [5, 5.41) is 9.61. The highest BCUT2D eigenvalue weighted by Crippen LogP contribution is 2.22. The standard InChI is InChI=1S/C14H16N2O3S/c1-14(11-17,12-6-3-2-4-7-12)16-20(18,19)13-8-5-9-15-10-13/h2-10,16-17H,11H2,1H3. The van der Waals surface area contributed by atoms with Gasteiger partial charge in [0.2, 0.25) is 10.0 Å². The number of hydrogen-bond acceptors (Lipinski definition) is 4. The molecule has 0 aliphatic rings.